The number of benzene rings is 3. The normalized spacial score (nSPS) is 10.4. The van der Waals surface area contributed by atoms with Gasteiger partial charge in [-0.3, -0.25) is 0 Å². The number of nitrogens with zero attached hydrogens (tertiary/aromatic N) is 1. The Morgan fingerprint density at radius 2 is 1.32 bits per heavy atom. The van der Waals surface area contributed by atoms with Crippen molar-refractivity contribution < 1.29 is 9.47 Å². The monoisotopic (exact) mass is 333 g/mol. The molecule has 3 rings (SSSR count). The summed E-state index contributed by atoms with van der Waals surface area (Å²) in [5.74, 6) is 0.811. The lowest BCUT2D eigenvalue weighted by Crippen LogP contribution is -2.22. The Bertz CT molecular complexity index is 718. The summed E-state index contributed by atoms with van der Waals surface area (Å²) < 4.78 is 10.6. The van der Waals surface area contributed by atoms with Gasteiger partial charge in [0.05, 0.1) is 0 Å². The van der Waals surface area contributed by atoms with Crippen LogP contribution in [0.3, 0.4) is 0 Å². The lowest BCUT2D eigenvalue weighted by Gasteiger charge is -2.26. The lowest BCUT2D eigenvalue weighted by molar-refractivity contribution is 0.0511. The van der Waals surface area contributed by atoms with E-state index < -0.39 is 0 Å². The zero-order chi connectivity index (χ0) is 17.3. The van der Waals surface area contributed by atoms with E-state index in [1.54, 1.807) is 7.11 Å². The molecule has 0 atom stereocenters. The van der Waals surface area contributed by atoms with Gasteiger partial charge in [0, 0.05) is 32.0 Å². The summed E-state index contributed by atoms with van der Waals surface area (Å²) >= 11 is 0. The first-order valence-electron chi connectivity index (χ1n) is 8.40. The average molecular weight is 333 g/mol. The number of hydrogen-bond donors (Lipinski definition) is 0. The van der Waals surface area contributed by atoms with E-state index in [9.17, 15) is 0 Å². The fourth-order valence-electron chi connectivity index (χ4n) is 2.74. The fraction of sp³-hybridized carbons (Fsp3) is 0.182. The molecule has 3 aromatic rings. The molecule has 3 aromatic carbocycles. The second kappa shape index (κ2) is 8.90. The van der Waals surface area contributed by atoms with E-state index in [1.807, 2.05) is 24.3 Å². The Balaban J connectivity index is 1.84. The van der Waals surface area contributed by atoms with Crippen molar-refractivity contribution in [3.63, 3.8) is 0 Å². The molecule has 128 valence electrons. The highest BCUT2D eigenvalue weighted by Gasteiger charge is 2.10. The van der Waals surface area contributed by atoms with Gasteiger partial charge in [-0.15, -0.1) is 0 Å². The van der Waals surface area contributed by atoms with E-state index in [4.69, 9.17) is 9.47 Å². The Morgan fingerprint density at radius 3 is 1.88 bits per heavy atom. The number of ether oxygens (including phenoxy) is 2. The molecule has 0 aromatic heterocycles. The summed E-state index contributed by atoms with van der Waals surface area (Å²) in [6.45, 7) is 1.92. The SMILES string of the molecule is COCOc1cccc(N(Cc2ccccc2)Cc2ccccc2)c1. The highest BCUT2D eigenvalue weighted by molar-refractivity contribution is 5.51. The standard InChI is InChI=1S/C22H23NO2/c1-24-18-25-22-14-8-13-21(15-22)23(16-19-9-4-2-5-10-19)17-20-11-6-3-7-12-20/h2-15H,16-18H2,1H3. The molecule has 0 radical (unpaired) electrons. The van der Waals surface area contributed by atoms with E-state index in [2.05, 4.69) is 65.6 Å². The first kappa shape index (κ1) is 17.1. The van der Waals surface area contributed by atoms with Crippen molar-refractivity contribution in [1.82, 2.24) is 0 Å². The first-order valence-corrected chi connectivity index (χ1v) is 8.40. The van der Waals surface area contributed by atoms with E-state index in [0.29, 0.717) is 0 Å². The Morgan fingerprint density at radius 1 is 0.720 bits per heavy atom. The van der Waals surface area contributed by atoms with E-state index in [-0.39, 0.29) is 6.79 Å². The van der Waals surface area contributed by atoms with Crippen LogP contribution in [0.15, 0.2) is 84.9 Å². The number of rotatable bonds is 8. The third kappa shape index (κ3) is 5.10. The summed E-state index contributed by atoms with van der Waals surface area (Å²) in [6.07, 6.45) is 0. The van der Waals surface area contributed by atoms with Crippen molar-refractivity contribution in [2.75, 3.05) is 18.8 Å². The molecule has 0 fully saturated rings. The predicted molar refractivity (Wildman–Crippen MR) is 102 cm³/mol. The molecule has 0 spiro atoms. The summed E-state index contributed by atoms with van der Waals surface area (Å²) in [5, 5.41) is 0. The number of anilines is 1. The molecule has 3 heteroatoms. The Kier molecular flexibility index (Phi) is 6.07. The summed E-state index contributed by atoms with van der Waals surface area (Å²) in [4.78, 5) is 2.35. The van der Waals surface area contributed by atoms with Crippen molar-refractivity contribution in [2.45, 2.75) is 13.1 Å². The highest BCUT2D eigenvalue weighted by atomic mass is 16.7. The van der Waals surface area contributed by atoms with E-state index >= 15 is 0 Å². The van der Waals surface area contributed by atoms with Gasteiger partial charge in [0.2, 0.25) is 0 Å². The van der Waals surface area contributed by atoms with Crippen LogP contribution in [0, 0.1) is 0 Å². The fourth-order valence-corrected chi connectivity index (χ4v) is 2.74. The molecule has 0 heterocycles. The van der Waals surface area contributed by atoms with Crippen LogP contribution in [0.25, 0.3) is 0 Å². The van der Waals surface area contributed by atoms with Crippen LogP contribution in [0.5, 0.6) is 5.75 Å². The maximum Gasteiger partial charge on any atom is 0.188 e. The molecule has 0 aliphatic rings. The smallest absolute Gasteiger partial charge is 0.188 e. The minimum Gasteiger partial charge on any atom is -0.467 e. The van der Waals surface area contributed by atoms with Gasteiger partial charge in [0.1, 0.15) is 5.75 Å². The molecule has 0 bridgehead atoms. The lowest BCUT2D eigenvalue weighted by atomic mass is 10.1. The third-order valence-corrected chi connectivity index (χ3v) is 3.96. The van der Waals surface area contributed by atoms with Crippen molar-refractivity contribution >= 4 is 5.69 Å². The van der Waals surface area contributed by atoms with Crippen molar-refractivity contribution in [2.24, 2.45) is 0 Å². The summed E-state index contributed by atoms with van der Waals surface area (Å²) in [7, 11) is 1.63. The average Bonchev–Trinajstić information content (AvgIpc) is 2.68. The minimum absolute atomic E-state index is 0.251. The molecule has 0 amide bonds. The Labute approximate surface area is 149 Å². The van der Waals surface area contributed by atoms with Crippen LogP contribution in [0.1, 0.15) is 11.1 Å². The maximum atomic E-state index is 5.60. The number of methoxy groups -OCH3 is 1. The molecule has 0 aliphatic carbocycles. The molecule has 0 saturated heterocycles. The molecular formula is C22H23NO2. The predicted octanol–water partition coefficient (Wildman–Crippen LogP) is 4.88. The van der Waals surface area contributed by atoms with E-state index in [0.717, 1.165) is 24.5 Å². The molecule has 0 aliphatic heterocycles. The van der Waals surface area contributed by atoms with Crippen LogP contribution in [0.4, 0.5) is 5.69 Å². The molecule has 3 nitrogen and oxygen atoms in total. The van der Waals surface area contributed by atoms with Gasteiger partial charge in [-0.1, -0.05) is 66.7 Å². The quantitative estimate of drug-likeness (QED) is 0.549. The van der Waals surface area contributed by atoms with Gasteiger partial charge in [-0.25, -0.2) is 0 Å². The topological polar surface area (TPSA) is 21.7 Å². The second-order valence-electron chi connectivity index (χ2n) is 5.88. The summed E-state index contributed by atoms with van der Waals surface area (Å²) in [5.41, 5.74) is 3.68. The molecule has 0 unspecified atom stereocenters. The van der Waals surface area contributed by atoms with Gasteiger partial charge < -0.3 is 14.4 Å². The molecule has 0 N–H and O–H groups in total. The van der Waals surface area contributed by atoms with Crippen LogP contribution >= 0.6 is 0 Å². The van der Waals surface area contributed by atoms with Crippen LogP contribution in [-0.2, 0) is 17.8 Å². The Hall–Kier alpha value is -2.78. The van der Waals surface area contributed by atoms with Gasteiger partial charge in [0.15, 0.2) is 6.79 Å². The van der Waals surface area contributed by atoms with Crippen molar-refractivity contribution in [1.29, 1.82) is 0 Å². The van der Waals surface area contributed by atoms with Gasteiger partial charge >= 0.3 is 0 Å². The second-order valence-corrected chi connectivity index (χ2v) is 5.88. The van der Waals surface area contributed by atoms with Crippen LogP contribution in [-0.4, -0.2) is 13.9 Å². The van der Waals surface area contributed by atoms with Crippen molar-refractivity contribution in [3.8, 4) is 5.75 Å². The molecular weight excluding hydrogens is 310 g/mol. The largest absolute Gasteiger partial charge is 0.467 e. The highest BCUT2D eigenvalue weighted by Crippen LogP contribution is 2.25. The summed E-state index contributed by atoms with van der Waals surface area (Å²) in [6, 6.07) is 29.2. The van der Waals surface area contributed by atoms with Gasteiger partial charge in [0.25, 0.3) is 0 Å². The van der Waals surface area contributed by atoms with Crippen LogP contribution in [0.2, 0.25) is 0 Å². The third-order valence-electron chi connectivity index (χ3n) is 3.96. The molecule has 25 heavy (non-hydrogen) atoms. The zero-order valence-corrected chi connectivity index (χ0v) is 14.5. The maximum absolute atomic E-state index is 5.60. The minimum atomic E-state index is 0.251. The first-order chi connectivity index (χ1) is 12.3. The van der Waals surface area contributed by atoms with Crippen LogP contribution < -0.4 is 9.64 Å². The van der Waals surface area contributed by atoms with E-state index in [1.165, 1.54) is 11.1 Å². The van der Waals surface area contributed by atoms with Gasteiger partial charge in [-0.2, -0.15) is 0 Å². The van der Waals surface area contributed by atoms with Crippen molar-refractivity contribution in [3.05, 3.63) is 96.1 Å². The van der Waals surface area contributed by atoms with Gasteiger partial charge in [-0.05, 0) is 23.3 Å². The molecule has 0 saturated carbocycles. The number of hydrogen-bond acceptors (Lipinski definition) is 3. The zero-order valence-electron chi connectivity index (χ0n) is 14.5.